The van der Waals surface area contributed by atoms with Gasteiger partial charge in [0.1, 0.15) is 12.6 Å². The lowest BCUT2D eigenvalue weighted by Gasteiger charge is -2.21. The van der Waals surface area contributed by atoms with Crippen molar-refractivity contribution in [3.8, 4) is 0 Å². The number of carbonyl (C=O) groups excluding carboxylic acids is 2. The average Bonchev–Trinajstić information content (AvgIpc) is 2.69. The lowest BCUT2D eigenvalue weighted by molar-refractivity contribution is -0.141. The fourth-order valence-electron chi connectivity index (χ4n) is 1.73. The molecule has 8 nitrogen and oxygen atoms in total. The van der Waals surface area contributed by atoms with Crippen molar-refractivity contribution in [1.82, 2.24) is 10.2 Å². The summed E-state index contributed by atoms with van der Waals surface area (Å²) >= 11 is 0. The molecule has 1 fully saturated rings. The second-order valence-electron chi connectivity index (χ2n) is 3.86. The second kappa shape index (κ2) is 6.20. The highest BCUT2D eigenvalue weighted by Crippen LogP contribution is 2.17. The normalized spacial score (nSPS) is 22.7. The largest absolute Gasteiger partial charge is 0.480 e. The van der Waals surface area contributed by atoms with Crippen LogP contribution in [0.5, 0.6) is 0 Å². The van der Waals surface area contributed by atoms with E-state index in [2.05, 4.69) is 10.1 Å². The van der Waals surface area contributed by atoms with Crippen molar-refractivity contribution in [1.29, 1.82) is 0 Å². The van der Waals surface area contributed by atoms with Crippen molar-refractivity contribution in [3.63, 3.8) is 0 Å². The molecule has 0 radical (unpaired) electrons. The van der Waals surface area contributed by atoms with E-state index in [-0.39, 0.29) is 26.1 Å². The third-order valence-electron chi connectivity index (χ3n) is 2.51. The average molecular weight is 260 g/mol. The summed E-state index contributed by atoms with van der Waals surface area (Å²) in [5, 5.41) is 20.5. The summed E-state index contributed by atoms with van der Waals surface area (Å²) in [5.74, 6) is -1.78. The minimum Gasteiger partial charge on any atom is -0.480 e. The molecule has 1 heterocycles. The Balaban J connectivity index is 2.50. The van der Waals surface area contributed by atoms with Crippen molar-refractivity contribution in [2.75, 3.05) is 19.7 Å². The Hall–Kier alpha value is -1.83. The quantitative estimate of drug-likeness (QED) is 0.545. The maximum atomic E-state index is 11.6. The molecular weight excluding hydrogens is 244 g/mol. The number of carbonyl (C=O) groups is 3. The van der Waals surface area contributed by atoms with E-state index in [9.17, 15) is 19.5 Å². The van der Waals surface area contributed by atoms with Crippen LogP contribution in [0.2, 0.25) is 0 Å². The summed E-state index contributed by atoms with van der Waals surface area (Å²) in [6.45, 7) is 1.45. The van der Waals surface area contributed by atoms with Gasteiger partial charge >= 0.3 is 18.0 Å². The Morgan fingerprint density at radius 1 is 1.44 bits per heavy atom. The second-order valence-corrected chi connectivity index (χ2v) is 3.86. The summed E-state index contributed by atoms with van der Waals surface area (Å²) in [6.07, 6.45) is -0.873. The molecular formula is C10H16N2O6. The van der Waals surface area contributed by atoms with Crippen molar-refractivity contribution in [2.45, 2.75) is 25.5 Å². The molecule has 1 saturated heterocycles. The highest BCUT2D eigenvalue weighted by Gasteiger charge is 2.38. The van der Waals surface area contributed by atoms with Crippen molar-refractivity contribution >= 4 is 18.0 Å². The van der Waals surface area contributed by atoms with E-state index < -0.39 is 30.1 Å². The number of hydrogen-bond acceptors (Lipinski definition) is 5. The standard InChI is InChI=1S/C10H16N2O6/c1-2-18-8(14)4-11-10(17)12-5-6(13)3-7(12)9(15)16/h6-7,13H,2-5H2,1H3,(H,11,17)(H,15,16)/t6?,7-/m0/s1. The summed E-state index contributed by atoms with van der Waals surface area (Å²) in [7, 11) is 0. The van der Waals surface area contributed by atoms with Crippen LogP contribution >= 0.6 is 0 Å². The number of aliphatic hydroxyl groups is 1. The van der Waals surface area contributed by atoms with Gasteiger partial charge in [0, 0.05) is 13.0 Å². The van der Waals surface area contributed by atoms with E-state index in [4.69, 9.17) is 5.11 Å². The molecule has 1 rings (SSSR count). The molecule has 0 saturated carbocycles. The summed E-state index contributed by atoms with van der Waals surface area (Å²) in [5.41, 5.74) is 0. The number of nitrogens with zero attached hydrogens (tertiary/aromatic N) is 1. The minimum atomic E-state index is -1.18. The lowest BCUT2D eigenvalue weighted by atomic mass is 10.2. The van der Waals surface area contributed by atoms with Gasteiger partial charge in [-0.25, -0.2) is 9.59 Å². The number of likely N-dealkylation sites (tertiary alicyclic amines) is 1. The number of hydrogen-bond donors (Lipinski definition) is 3. The van der Waals surface area contributed by atoms with Gasteiger partial charge in [0.25, 0.3) is 0 Å². The molecule has 0 aromatic heterocycles. The highest BCUT2D eigenvalue weighted by atomic mass is 16.5. The van der Waals surface area contributed by atoms with E-state index >= 15 is 0 Å². The number of β-amino-alcohol motifs (C(OH)–C–C–N with tert-alkyl or cyclic N) is 1. The third kappa shape index (κ3) is 3.59. The number of aliphatic carboxylic acids is 1. The predicted molar refractivity (Wildman–Crippen MR) is 58.8 cm³/mol. The molecule has 0 bridgehead atoms. The van der Waals surface area contributed by atoms with E-state index in [0.29, 0.717) is 0 Å². The first-order valence-corrected chi connectivity index (χ1v) is 5.56. The molecule has 2 amide bonds. The number of carboxylic acids is 1. The fraction of sp³-hybridized carbons (Fsp3) is 0.700. The van der Waals surface area contributed by atoms with Gasteiger partial charge in [0.15, 0.2) is 0 Å². The Kier molecular flexibility index (Phi) is 4.90. The number of rotatable bonds is 4. The first-order chi connectivity index (χ1) is 8.45. The fourth-order valence-corrected chi connectivity index (χ4v) is 1.73. The van der Waals surface area contributed by atoms with Crippen LogP contribution in [-0.2, 0) is 14.3 Å². The van der Waals surface area contributed by atoms with Gasteiger partial charge in [-0.1, -0.05) is 0 Å². The van der Waals surface area contributed by atoms with Gasteiger partial charge < -0.3 is 25.2 Å². The topological polar surface area (TPSA) is 116 Å². The molecule has 8 heteroatoms. The zero-order valence-corrected chi connectivity index (χ0v) is 9.96. The number of esters is 1. The number of amides is 2. The van der Waals surface area contributed by atoms with Gasteiger partial charge in [-0.2, -0.15) is 0 Å². The van der Waals surface area contributed by atoms with Crippen molar-refractivity contribution in [2.24, 2.45) is 0 Å². The van der Waals surface area contributed by atoms with Gasteiger partial charge in [-0.05, 0) is 6.92 Å². The molecule has 1 aliphatic heterocycles. The highest BCUT2D eigenvalue weighted by molar-refractivity contribution is 5.85. The van der Waals surface area contributed by atoms with E-state index in [1.165, 1.54) is 0 Å². The van der Waals surface area contributed by atoms with Gasteiger partial charge in [0.05, 0.1) is 12.7 Å². The smallest absolute Gasteiger partial charge is 0.326 e. The Bertz CT molecular complexity index is 345. The Morgan fingerprint density at radius 3 is 2.67 bits per heavy atom. The molecule has 1 unspecified atom stereocenters. The Labute approximate surface area is 104 Å². The number of aliphatic hydroxyl groups excluding tert-OH is 1. The van der Waals surface area contributed by atoms with Crippen LogP contribution in [0.15, 0.2) is 0 Å². The lowest BCUT2D eigenvalue weighted by Crippen LogP contribution is -2.47. The third-order valence-corrected chi connectivity index (χ3v) is 2.51. The molecule has 1 aliphatic rings. The van der Waals surface area contributed by atoms with E-state index in [1.807, 2.05) is 0 Å². The van der Waals surface area contributed by atoms with Crippen LogP contribution in [0.4, 0.5) is 4.79 Å². The monoisotopic (exact) mass is 260 g/mol. The molecule has 0 spiro atoms. The van der Waals surface area contributed by atoms with Gasteiger partial charge in [-0.15, -0.1) is 0 Å². The summed E-state index contributed by atoms with van der Waals surface area (Å²) in [6, 6.07) is -1.77. The molecule has 102 valence electrons. The van der Waals surface area contributed by atoms with Crippen LogP contribution in [0.1, 0.15) is 13.3 Å². The van der Waals surface area contributed by atoms with E-state index in [1.54, 1.807) is 6.92 Å². The first kappa shape index (κ1) is 14.2. The zero-order valence-electron chi connectivity index (χ0n) is 9.96. The number of ether oxygens (including phenoxy) is 1. The maximum Gasteiger partial charge on any atom is 0.326 e. The van der Waals surface area contributed by atoms with E-state index in [0.717, 1.165) is 4.90 Å². The molecule has 18 heavy (non-hydrogen) atoms. The Morgan fingerprint density at radius 2 is 2.11 bits per heavy atom. The molecule has 0 aliphatic carbocycles. The van der Waals surface area contributed by atoms with Gasteiger partial charge in [0.2, 0.25) is 0 Å². The molecule has 0 aromatic carbocycles. The van der Waals surface area contributed by atoms with Crippen molar-refractivity contribution in [3.05, 3.63) is 0 Å². The predicted octanol–water partition coefficient (Wildman–Crippen LogP) is -1.22. The van der Waals surface area contributed by atoms with Gasteiger partial charge in [-0.3, -0.25) is 4.79 Å². The molecule has 2 atom stereocenters. The maximum absolute atomic E-state index is 11.6. The number of nitrogens with one attached hydrogen (secondary N) is 1. The first-order valence-electron chi connectivity index (χ1n) is 5.56. The SMILES string of the molecule is CCOC(=O)CNC(=O)N1CC(O)C[C@H]1C(=O)O. The van der Waals surface area contributed by atoms with Crippen LogP contribution in [0.25, 0.3) is 0 Å². The van der Waals surface area contributed by atoms with Crippen molar-refractivity contribution < 1.29 is 29.3 Å². The van der Waals surface area contributed by atoms with Crippen LogP contribution < -0.4 is 5.32 Å². The summed E-state index contributed by atoms with van der Waals surface area (Å²) in [4.78, 5) is 34.5. The van der Waals surface area contributed by atoms with Crippen LogP contribution in [-0.4, -0.2) is 64.9 Å². The van der Waals surface area contributed by atoms with Crippen LogP contribution in [0, 0.1) is 0 Å². The molecule has 0 aromatic rings. The zero-order chi connectivity index (χ0) is 13.7. The summed E-state index contributed by atoms with van der Waals surface area (Å²) < 4.78 is 4.61. The molecule has 3 N–H and O–H groups in total. The van der Waals surface area contributed by atoms with Crippen LogP contribution in [0.3, 0.4) is 0 Å². The minimum absolute atomic E-state index is 0.0117. The number of carboxylic acid groups (broad SMARTS) is 1. The number of urea groups is 1.